The molecule has 4 heteroatoms. The highest BCUT2D eigenvalue weighted by atomic mass is 16.5. The lowest BCUT2D eigenvalue weighted by Gasteiger charge is -2.05. The van der Waals surface area contributed by atoms with Gasteiger partial charge in [0.2, 0.25) is 0 Å². The van der Waals surface area contributed by atoms with E-state index in [4.69, 9.17) is 4.74 Å². The molecule has 2 aromatic carbocycles. The molecular weight excluding hydrogens is 286 g/mol. The molecule has 0 saturated heterocycles. The first-order valence-corrected chi connectivity index (χ1v) is 7.53. The smallest absolute Gasteiger partial charge is 0.119 e. The van der Waals surface area contributed by atoms with Crippen LogP contribution in [-0.4, -0.2) is 16.2 Å². The molecule has 0 atom stereocenters. The number of imidazole rings is 1. The van der Waals surface area contributed by atoms with Crippen LogP contribution in [0.3, 0.4) is 0 Å². The molecule has 0 bridgehead atoms. The van der Waals surface area contributed by atoms with Gasteiger partial charge in [0.15, 0.2) is 0 Å². The van der Waals surface area contributed by atoms with E-state index in [0.717, 1.165) is 22.3 Å². The molecule has 0 aliphatic rings. The van der Waals surface area contributed by atoms with Gasteiger partial charge in [-0.1, -0.05) is 24.3 Å². The number of nitrogens with zero attached hydrogens (tertiary/aromatic N) is 3. The van der Waals surface area contributed by atoms with Crippen molar-refractivity contribution in [3.63, 3.8) is 0 Å². The van der Waals surface area contributed by atoms with E-state index in [1.54, 1.807) is 6.33 Å². The minimum atomic E-state index is 0.504. The molecule has 1 aromatic heterocycles. The fourth-order valence-corrected chi connectivity index (χ4v) is 2.46. The van der Waals surface area contributed by atoms with E-state index in [9.17, 15) is 5.26 Å². The van der Waals surface area contributed by atoms with Crippen LogP contribution >= 0.6 is 0 Å². The molecule has 3 rings (SSSR count). The van der Waals surface area contributed by atoms with Gasteiger partial charge in [-0.05, 0) is 42.8 Å². The van der Waals surface area contributed by atoms with E-state index in [0.29, 0.717) is 18.7 Å². The third kappa shape index (κ3) is 3.41. The second-order valence-electron chi connectivity index (χ2n) is 5.14. The monoisotopic (exact) mass is 303 g/mol. The largest absolute Gasteiger partial charge is 0.494 e. The Morgan fingerprint density at radius 2 is 2.00 bits per heavy atom. The first-order chi connectivity index (χ1) is 11.3. The van der Waals surface area contributed by atoms with Crippen LogP contribution in [0.1, 0.15) is 12.5 Å². The minimum absolute atomic E-state index is 0.504. The van der Waals surface area contributed by atoms with Crippen LogP contribution in [0.15, 0.2) is 60.4 Å². The molecular formula is C19H17N3O. The van der Waals surface area contributed by atoms with Crippen molar-refractivity contribution >= 4 is 17.1 Å². The van der Waals surface area contributed by atoms with Crippen LogP contribution in [0.5, 0.6) is 5.75 Å². The summed E-state index contributed by atoms with van der Waals surface area (Å²) >= 11 is 0. The highest BCUT2D eigenvalue weighted by Crippen LogP contribution is 2.17. The second kappa shape index (κ2) is 6.80. The molecule has 0 spiro atoms. The Labute approximate surface area is 135 Å². The maximum atomic E-state index is 9.42. The molecule has 0 unspecified atom stereocenters. The van der Waals surface area contributed by atoms with E-state index in [1.807, 2.05) is 66.1 Å². The van der Waals surface area contributed by atoms with Gasteiger partial charge in [-0.2, -0.15) is 5.26 Å². The van der Waals surface area contributed by atoms with Crippen molar-refractivity contribution in [2.24, 2.45) is 0 Å². The lowest BCUT2D eigenvalue weighted by atomic mass is 10.1. The maximum Gasteiger partial charge on any atom is 0.119 e. The van der Waals surface area contributed by atoms with E-state index < -0.39 is 0 Å². The molecule has 114 valence electrons. The number of rotatable bonds is 5. The van der Waals surface area contributed by atoms with Crippen LogP contribution in [-0.2, 0) is 6.54 Å². The molecule has 0 amide bonds. The van der Waals surface area contributed by atoms with Crippen molar-refractivity contribution in [1.29, 1.82) is 5.26 Å². The number of allylic oxidation sites excluding steroid dienone is 1. The summed E-state index contributed by atoms with van der Waals surface area (Å²) in [4.78, 5) is 4.35. The first-order valence-electron chi connectivity index (χ1n) is 7.53. The molecule has 0 aliphatic heterocycles. The van der Waals surface area contributed by atoms with Crippen molar-refractivity contribution in [3.8, 4) is 11.8 Å². The molecule has 23 heavy (non-hydrogen) atoms. The Kier molecular flexibility index (Phi) is 4.39. The number of aromatic nitrogens is 2. The fourth-order valence-electron chi connectivity index (χ4n) is 2.46. The number of hydrogen-bond acceptors (Lipinski definition) is 3. The summed E-state index contributed by atoms with van der Waals surface area (Å²) in [6.45, 7) is 3.10. The maximum absolute atomic E-state index is 9.42. The van der Waals surface area contributed by atoms with Gasteiger partial charge in [-0.15, -0.1) is 0 Å². The van der Waals surface area contributed by atoms with Crippen molar-refractivity contribution in [1.82, 2.24) is 9.55 Å². The second-order valence-corrected chi connectivity index (χ2v) is 5.14. The van der Waals surface area contributed by atoms with E-state index in [2.05, 4.69) is 11.1 Å². The van der Waals surface area contributed by atoms with Gasteiger partial charge in [0.05, 0.1) is 36.6 Å². The first kappa shape index (κ1) is 14.9. The van der Waals surface area contributed by atoms with Crippen molar-refractivity contribution in [2.45, 2.75) is 13.5 Å². The molecule has 0 fully saturated rings. The number of ether oxygens (including phenoxy) is 1. The normalized spacial score (nSPS) is 11.4. The summed E-state index contributed by atoms with van der Waals surface area (Å²) in [6.07, 6.45) is 3.67. The predicted octanol–water partition coefficient (Wildman–Crippen LogP) is 4.04. The summed E-state index contributed by atoms with van der Waals surface area (Å²) < 4.78 is 7.41. The Hall–Kier alpha value is -3.06. The number of hydrogen-bond donors (Lipinski definition) is 0. The Morgan fingerprint density at radius 3 is 2.74 bits per heavy atom. The summed E-state index contributed by atoms with van der Waals surface area (Å²) in [5, 5.41) is 9.42. The summed E-state index contributed by atoms with van der Waals surface area (Å²) in [5.41, 5.74) is 3.62. The SMILES string of the molecule is CCOc1ccc(/C=C(/C#N)Cn2cnc3ccccc32)cc1. The van der Waals surface area contributed by atoms with Crippen LogP contribution in [0.25, 0.3) is 17.1 Å². The zero-order chi connectivity index (χ0) is 16.1. The molecule has 0 aliphatic carbocycles. The van der Waals surface area contributed by atoms with Crippen LogP contribution in [0, 0.1) is 11.3 Å². The third-order valence-electron chi connectivity index (χ3n) is 3.54. The van der Waals surface area contributed by atoms with Gasteiger partial charge in [0.25, 0.3) is 0 Å². The zero-order valence-electron chi connectivity index (χ0n) is 12.9. The highest BCUT2D eigenvalue weighted by molar-refractivity contribution is 5.75. The average Bonchev–Trinajstić information content (AvgIpc) is 2.99. The predicted molar refractivity (Wildman–Crippen MR) is 90.9 cm³/mol. The van der Waals surface area contributed by atoms with E-state index in [1.165, 1.54) is 0 Å². The van der Waals surface area contributed by atoms with E-state index >= 15 is 0 Å². The summed E-state index contributed by atoms with van der Waals surface area (Å²) in [7, 11) is 0. The van der Waals surface area contributed by atoms with Gasteiger partial charge in [0.1, 0.15) is 5.75 Å². The minimum Gasteiger partial charge on any atom is -0.494 e. The van der Waals surface area contributed by atoms with Crippen LogP contribution < -0.4 is 4.74 Å². The Balaban J connectivity index is 1.83. The molecule has 0 radical (unpaired) electrons. The summed E-state index contributed by atoms with van der Waals surface area (Å²) in [6, 6.07) is 17.9. The lowest BCUT2D eigenvalue weighted by Crippen LogP contribution is -1.98. The average molecular weight is 303 g/mol. The van der Waals surface area contributed by atoms with Crippen LogP contribution in [0.4, 0.5) is 0 Å². The number of benzene rings is 2. The van der Waals surface area contributed by atoms with Crippen molar-refractivity contribution in [2.75, 3.05) is 6.61 Å². The fraction of sp³-hybridized carbons (Fsp3) is 0.158. The molecule has 1 heterocycles. The molecule has 4 nitrogen and oxygen atoms in total. The summed E-state index contributed by atoms with van der Waals surface area (Å²) in [5.74, 6) is 0.837. The van der Waals surface area contributed by atoms with Crippen molar-refractivity contribution in [3.05, 3.63) is 66.0 Å². The van der Waals surface area contributed by atoms with Gasteiger partial charge >= 0.3 is 0 Å². The number of para-hydroxylation sites is 2. The molecule has 0 N–H and O–H groups in total. The molecule has 0 saturated carbocycles. The molecule has 3 aromatic rings. The van der Waals surface area contributed by atoms with Gasteiger partial charge in [-0.25, -0.2) is 4.98 Å². The zero-order valence-corrected chi connectivity index (χ0v) is 12.9. The Morgan fingerprint density at radius 1 is 1.22 bits per heavy atom. The lowest BCUT2D eigenvalue weighted by molar-refractivity contribution is 0.340. The van der Waals surface area contributed by atoms with Gasteiger partial charge < -0.3 is 9.30 Å². The van der Waals surface area contributed by atoms with Crippen LogP contribution in [0.2, 0.25) is 0 Å². The van der Waals surface area contributed by atoms with Gasteiger partial charge in [-0.3, -0.25) is 0 Å². The quantitative estimate of drug-likeness (QED) is 0.668. The number of nitriles is 1. The van der Waals surface area contributed by atoms with Crippen molar-refractivity contribution < 1.29 is 4.74 Å². The van der Waals surface area contributed by atoms with Gasteiger partial charge in [0, 0.05) is 5.57 Å². The topological polar surface area (TPSA) is 50.8 Å². The van der Waals surface area contributed by atoms with E-state index in [-0.39, 0.29) is 0 Å². The third-order valence-corrected chi connectivity index (χ3v) is 3.54. The number of fused-ring (bicyclic) bond motifs is 1. The Bertz CT molecular complexity index is 870. The highest BCUT2D eigenvalue weighted by Gasteiger charge is 2.04. The standard InChI is InChI=1S/C19H17N3O/c1-2-23-17-9-7-15(8-10-17)11-16(12-20)13-22-14-21-18-5-3-4-6-19(18)22/h3-11,14H,2,13H2,1H3/b16-11-.